The van der Waals surface area contributed by atoms with E-state index in [4.69, 9.17) is 27.9 Å². The fourth-order valence-electron chi connectivity index (χ4n) is 5.55. The van der Waals surface area contributed by atoms with Crippen LogP contribution < -0.4 is 21.3 Å². The Kier molecular flexibility index (Phi) is 14.0. The Morgan fingerprint density at radius 1 is 0.935 bits per heavy atom. The number of hydrogen-bond acceptors (Lipinski definition) is 5. The topological polar surface area (TPSA) is 129 Å². The van der Waals surface area contributed by atoms with E-state index in [0.29, 0.717) is 68.3 Å². The summed E-state index contributed by atoms with van der Waals surface area (Å²) in [6, 6.07) is 13.5. The van der Waals surface area contributed by atoms with Crippen LogP contribution in [0.3, 0.4) is 0 Å². The van der Waals surface area contributed by atoms with Crippen LogP contribution in [-0.4, -0.2) is 73.2 Å². The van der Waals surface area contributed by atoms with Crippen LogP contribution in [-0.2, 0) is 27.2 Å². The van der Waals surface area contributed by atoms with E-state index in [1.54, 1.807) is 43.9 Å². The minimum atomic E-state index is -0.909. The van der Waals surface area contributed by atoms with Gasteiger partial charge in [0.25, 0.3) is 0 Å². The Morgan fingerprint density at radius 2 is 1.63 bits per heavy atom. The third-order valence-electron chi connectivity index (χ3n) is 7.68. The van der Waals surface area contributed by atoms with Gasteiger partial charge in [-0.3, -0.25) is 9.59 Å². The SMILES string of the molecule is CCNC(=O)[C@]1(Cc2ccccc2)CCCN(C(=O)C(Cc2ccc(Cl)c(Cl)c2)NC(=O)NCCCCNC(=O)OC(C)(C)C)C1. The lowest BCUT2D eigenvalue weighted by Crippen LogP contribution is -2.59. The molecular formula is C34H47Cl2N5O5. The van der Waals surface area contributed by atoms with Gasteiger partial charge < -0.3 is 30.9 Å². The van der Waals surface area contributed by atoms with Crippen LogP contribution in [0.25, 0.3) is 0 Å². The number of alkyl carbamates (subject to hydrolysis) is 1. The Labute approximate surface area is 282 Å². The van der Waals surface area contributed by atoms with E-state index in [9.17, 15) is 19.2 Å². The van der Waals surface area contributed by atoms with Gasteiger partial charge in [-0.1, -0.05) is 59.6 Å². The van der Waals surface area contributed by atoms with Crippen LogP contribution >= 0.6 is 23.2 Å². The number of halogens is 2. The molecule has 1 fully saturated rings. The summed E-state index contributed by atoms with van der Waals surface area (Å²) in [7, 11) is 0. The molecule has 12 heteroatoms. The van der Waals surface area contributed by atoms with Crippen molar-refractivity contribution < 1.29 is 23.9 Å². The van der Waals surface area contributed by atoms with Gasteiger partial charge in [-0.15, -0.1) is 0 Å². The van der Waals surface area contributed by atoms with Crippen molar-refractivity contribution >= 4 is 47.1 Å². The molecule has 0 aromatic heterocycles. The lowest BCUT2D eigenvalue weighted by atomic mass is 9.74. The normalized spacial score (nSPS) is 17.0. The maximum absolute atomic E-state index is 14.1. The van der Waals surface area contributed by atoms with Gasteiger partial charge in [0, 0.05) is 39.1 Å². The molecule has 0 saturated carbocycles. The van der Waals surface area contributed by atoms with Crippen molar-refractivity contribution in [3.05, 3.63) is 69.7 Å². The lowest BCUT2D eigenvalue weighted by molar-refractivity contribution is -0.142. The number of unbranched alkanes of at least 4 members (excludes halogenated alkanes) is 1. The van der Waals surface area contributed by atoms with E-state index >= 15 is 0 Å². The number of piperidine rings is 1. The number of hydrogen-bond donors (Lipinski definition) is 4. The fraction of sp³-hybridized carbons (Fsp3) is 0.529. The summed E-state index contributed by atoms with van der Waals surface area (Å²) in [5, 5.41) is 12.1. The number of amides is 5. The van der Waals surface area contributed by atoms with Gasteiger partial charge in [0.15, 0.2) is 0 Å². The van der Waals surface area contributed by atoms with Gasteiger partial charge >= 0.3 is 12.1 Å². The van der Waals surface area contributed by atoms with Crippen LogP contribution in [0.15, 0.2) is 48.5 Å². The molecule has 0 aliphatic carbocycles. The van der Waals surface area contributed by atoms with Crippen LogP contribution in [0, 0.1) is 5.41 Å². The van der Waals surface area contributed by atoms with Crippen molar-refractivity contribution in [2.24, 2.45) is 5.41 Å². The second-order valence-corrected chi connectivity index (χ2v) is 13.5. The molecule has 5 amide bonds. The van der Waals surface area contributed by atoms with Gasteiger partial charge in [-0.2, -0.15) is 0 Å². The van der Waals surface area contributed by atoms with Crippen molar-refractivity contribution in [3.8, 4) is 0 Å². The number of ether oxygens (including phenoxy) is 1. The number of benzene rings is 2. The van der Waals surface area contributed by atoms with Crippen LogP contribution in [0.1, 0.15) is 64.5 Å². The smallest absolute Gasteiger partial charge is 0.407 e. The zero-order valence-electron chi connectivity index (χ0n) is 27.2. The van der Waals surface area contributed by atoms with E-state index < -0.39 is 29.2 Å². The molecule has 46 heavy (non-hydrogen) atoms. The highest BCUT2D eigenvalue weighted by Crippen LogP contribution is 2.35. The molecule has 1 unspecified atom stereocenters. The second-order valence-electron chi connectivity index (χ2n) is 12.7. The van der Waals surface area contributed by atoms with Gasteiger partial charge in [-0.05, 0) is 83.1 Å². The van der Waals surface area contributed by atoms with E-state index in [-0.39, 0.29) is 24.8 Å². The average molecular weight is 677 g/mol. The first-order valence-corrected chi connectivity index (χ1v) is 16.6. The van der Waals surface area contributed by atoms with Crippen LogP contribution in [0.5, 0.6) is 0 Å². The van der Waals surface area contributed by atoms with E-state index in [2.05, 4.69) is 21.3 Å². The van der Waals surface area contributed by atoms with Gasteiger partial charge in [-0.25, -0.2) is 9.59 Å². The zero-order valence-corrected chi connectivity index (χ0v) is 28.7. The van der Waals surface area contributed by atoms with Crippen molar-refractivity contribution in [2.45, 2.75) is 77.9 Å². The molecule has 0 spiro atoms. The number of nitrogens with zero attached hydrogens (tertiary/aromatic N) is 1. The molecule has 1 heterocycles. The number of carbonyl (C=O) groups is 4. The van der Waals surface area contributed by atoms with Crippen LogP contribution in [0.4, 0.5) is 9.59 Å². The minimum Gasteiger partial charge on any atom is -0.444 e. The van der Waals surface area contributed by atoms with Crippen molar-refractivity contribution in [2.75, 3.05) is 32.7 Å². The summed E-state index contributed by atoms with van der Waals surface area (Å²) in [4.78, 5) is 54.2. The minimum absolute atomic E-state index is 0.0794. The molecule has 10 nitrogen and oxygen atoms in total. The number of likely N-dealkylation sites (tertiary alicyclic amines) is 1. The molecule has 252 valence electrons. The second kappa shape index (κ2) is 17.4. The molecule has 2 aromatic carbocycles. The van der Waals surface area contributed by atoms with Gasteiger partial charge in [0.2, 0.25) is 11.8 Å². The molecule has 1 aliphatic rings. The van der Waals surface area contributed by atoms with Crippen molar-refractivity contribution in [1.29, 1.82) is 0 Å². The maximum Gasteiger partial charge on any atom is 0.407 e. The third-order valence-corrected chi connectivity index (χ3v) is 8.42. The predicted molar refractivity (Wildman–Crippen MR) is 181 cm³/mol. The first kappa shape index (κ1) is 37.0. The summed E-state index contributed by atoms with van der Waals surface area (Å²) in [6.45, 7) is 9.21. The Hall–Kier alpha value is -3.50. The zero-order chi connectivity index (χ0) is 33.7. The summed E-state index contributed by atoms with van der Waals surface area (Å²) in [6.07, 6.45) is 2.73. The highest BCUT2D eigenvalue weighted by atomic mass is 35.5. The number of rotatable bonds is 13. The van der Waals surface area contributed by atoms with Crippen molar-refractivity contribution in [1.82, 2.24) is 26.2 Å². The lowest BCUT2D eigenvalue weighted by Gasteiger charge is -2.43. The first-order chi connectivity index (χ1) is 21.8. The summed E-state index contributed by atoms with van der Waals surface area (Å²) < 4.78 is 5.23. The molecule has 4 N–H and O–H groups in total. The molecule has 0 radical (unpaired) electrons. The average Bonchev–Trinajstić information content (AvgIpc) is 3.00. The highest BCUT2D eigenvalue weighted by molar-refractivity contribution is 6.42. The first-order valence-electron chi connectivity index (χ1n) is 15.9. The summed E-state index contributed by atoms with van der Waals surface area (Å²) in [5.74, 6) is -0.353. The third kappa shape index (κ3) is 11.7. The number of nitrogens with one attached hydrogen (secondary N) is 4. The Bertz CT molecular complexity index is 1340. The molecule has 2 atom stereocenters. The van der Waals surface area contributed by atoms with E-state index in [1.165, 1.54) is 0 Å². The van der Waals surface area contributed by atoms with Gasteiger partial charge in [0.1, 0.15) is 11.6 Å². The monoisotopic (exact) mass is 675 g/mol. The molecule has 3 rings (SSSR count). The maximum atomic E-state index is 14.1. The standard InChI is InChI=1S/C34H47Cl2N5O5/c1-5-37-30(43)34(22-24-12-7-6-8-13-24)16-11-19-41(23-34)29(42)28(21-25-14-15-26(35)27(36)20-25)40-31(44)38-17-9-10-18-39-32(45)46-33(2,3)4/h6-8,12-15,20,28H,5,9-11,16-19,21-23H2,1-4H3,(H,37,43)(H,39,45)(H2,38,40,44)/t28?,34-/m0/s1. The summed E-state index contributed by atoms with van der Waals surface area (Å²) in [5.41, 5.74) is 0.385. The van der Waals surface area contributed by atoms with Gasteiger partial charge in [0.05, 0.1) is 15.5 Å². The van der Waals surface area contributed by atoms with E-state index in [0.717, 1.165) is 11.1 Å². The summed E-state index contributed by atoms with van der Waals surface area (Å²) >= 11 is 12.4. The molecule has 1 aliphatic heterocycles. The predicted octanol–water partition coefficient (Wildman–Crippen LogP) is 5.50. The Morgan fingerprint density at radius 3 is 2.28 bits per heavy atom. The number of carbonyl (C=O) groups excluding carboxylic acids is 4. The highest BCUT2D eigenvalue weighted by Gasteiger charge is 2.44. The molecule has 0 bridgehead atoms. The van der Waals surface area contributed by atoms with Crippen LogP contribution in [0.2, 0.25) is 10.0 Å². The largest absolute Gasteiger partial charge is 0.444 e. The molecule has 1 saturated heterocycles. The van der Waals surface area contributed by atoms with E-state index in [1.807, 2.05) is 37.3 Å². The molecule has 2 aromatic rings. The quantitative estimate of drug-likeness (QED) is 0.209. The number of urea groups is 1. The molecular weight excluding hydrogens is 629 g/mol. The fourth-order valence-corrected chi connectivity index (χ4v) is 5.87. The van der Waals surface area contributed by atoms with Crippen molar-refractivity contribution in [3.63, 3.8) is 0 Å². The Balaban J connectivity index is 1.69.